The summed E-state index contributed by atoms with van der Waals surface area (Å²) in [5, 5.41) is 13.3. The minimum atomic E-state index is -0.247. The number of aliphatic hydroxyl groups is 1. The number of hydrogen-bond acceptors (Lipinski definition) is 2. The summed E-state index contributed by atoms with van der Waals surface area (Å²) in [7, 11) is 0. The summed E-state index contributed by atoms with van der Waals surface area (Å²) in [5.74, 6) is 0. The van der Waals surface area contributed by atoms with Crippen LogP contribution in [0.25, 0.3) is 0 Å². The van der Waals surface area contributed by atoms with Crippen LogP contribution < -0.4 is 5.32 Å². The molecule has 2 atom stereocenters. The van der Waals surface area contributed by atoms with Crippen molar-refractivity contribution in [1.82, 2.24) is 5.32 Å². The van der Waals surface area contributed by atoms with Crippen LogP contribution in [0.4, 0.5) is 0 Å². The van der Waals surface area contributed by atoms with Gasteiger partial charge >= 0.3 is 0 Å². The van der Waals surface area contributed by atoms with E-state index in [4.69, 9.17) is 0 Å². The second-order valence-corrected chi connectivity index (χ2v) is 3.91. The molecule has 14 heavy (non-hydrogen) atoms. The summed E-state index contributed by atoms with van der Waals surface area (Å²) in [6, 6.07) is 8.47. The molecule has 1 aliphatic rings. The van der Waals surface area contributed by atoms with E-state index in [0.717, 1.165) is 19.4 Å². The van der Waals surface area contributed by atoms with Gasteiger partial charge in [-0.15, -0.1) is 0 Å². The van der Waals surface area contributed by atoms with Crippen LogP contribution in [0.3, 0.4) is 0 Å². The van der Waals surface area contributed by atoms with E-state index in [2.05, 4.69) is 30.4 Å². The maximum absolute atomic E-state index is 9.93. The van der Waals surface area contributed by atoms with Gasteiger partial charge in [-0.2, -0.15) is 0 Å². The third kappa shape index (κ3) is 1.68. The molecule has 2 unspecified atom stereocenters. The highest BCUT2D eigenvalue weighted by Gasteiger charge is 2.26. The molecule has 1 aliphatic heterocycles. The molecule has 0 radical (unpaired) electrons. The van der Waals surface area contributed by atoms with Crippen LogP contribution in [0.15, 0.2) is 24.3 Å². The third-order valence-electron chi connectivity index (χ3n) is 2.87. The first kappa shape index (κ1) is 9.69. The molecular formula is C12H17NO. The monoisotopic (exact) mass is 191 g/mol. The normalized spacial score (nSPS) is 22.0. The number of aliphatic hydroxyl groups excluding tert-OH is 1. The molecule has 1 aromatic rings. The zero-order valence-electron chi connectivity index (χ0n) is 8.53. The molecule has 0 saturated heterocycles. The second kappa shape index (κ2) is 4.11. The lowest BCUT2D eigenvalue weighted by Gasteiger charge is -2.18. The summed E-state index contributed by atoms with van der Waals surface area (Å²) >= 11 is 0. The lowest BCUT2D eigenvalue weighted by atomic mass is 9.98. The Morgan fingerprint density at radius 2 is 2.29 bits per heavy atom. The fraction of sp³-hybridized carbons (Fsp3) is 0.500. The van der Waals surface area contributed by atoms with Gasteiger partial charge in [0.1, 0.15) is 0 Å². The highest BCUT2D eigenvalue weighted by molar-refractivity contribution is 5.34. The van der Waals surface area contributed by atoms with E-state index in [1.54, 1.807) is 0 Å². The molecular weight excluding hydrogens is 174 g/mol. The maximum Gasteiger partial charge on any atom is 0.0735 e. The highest BCUT2D eigenvalue weighted by Crippen LogP contribution is 2.28. The van der Waals surface area contributed by atoms with Gasteiger partial charge in [0.15, 0.2) is 0 Å². The van der Waals surface area contributed by atoms with E-state index < -0.39 is 0 Å². The van der Waals surface area contributed by atoms with E-state index in [9.17, 15) is 5.11 Å². The third-order valence-corrected chi connectivity index (χ3v) is 2.87. The number of benzene rings is 1. The second-order valence-electron chi connectivity index (χ2n) is 3.91. The average molecular weight is 191 g/mol. The van der Waals surface area contributed by atoms with E-state index in [1.165, 1.54) is 11.1 Å². The Morgan fingerprint density at radius 3 is 3.07 bits per heavy atom. The Labute approximate surface area is 85.0 Å². The Kier molecular flexibility index (Phi) is 2.85. The Morgan fingerprint density at radius 1 is 1.50 bits per heavy atom. The van der Waals surface area contributed by atoms with Crippen molar-refractivity contribution < 1.29 is 5.11 Å². The van der Waals surface area contributed by atoms with Gasteiger partial charge in [-0.1, -0.05) is 37.6 Å². The van der Waals surface area contributed by atoms with Crippen LogP contribution in [0.5, 0.6) is 0 Å². The molecule has 2 rings (SSSR count). The van der Waals surface area contributed by atoms with Gasteiger partial charge in [0.25, 0.3) is 0 Å². The fourth-order valence-corrected chi connectivity index (χ4v) is 2.13. The first-order valence-corrected chi connectivity index (χ1v) is 5.32. The quantitative estimate of drug-likeness (QED) is 0.765. The van der Waals surface area contributed by atoms with Gasteiger partial charge in [0.2, 0.25) is 0 Å². The standard InChI is InChI=1S/C12H17NO/c1-2-5-11(14)12-10-7-4-3-6-9(10)8-13-12/h3-4,6-7,11-14H,2,5,8H2,1H3. The van der Waals surface area contributed by atoms with E-state index in [-0.39, 0.29) is 12.1 Å². The van der Waals surface area contributed by atoms with E-state index in [0.29, 0.717) is 0 Å². The summed E-state index contributed by atoms with van der Waals surface area (Å²) in [4.78, 5) is 0. The molecule has 0 aromatic heterocycles. The van der Waals surface area contributed by atoms with Crippen molar-refractivity contribution in [3.8, 4) is 0 Å². The Balaban J connectivity index is 2.17. The van der Waals surface area contributed by atoms with Crippen molar-refractivity contribution in [3.05, 3.63) is 35.4 Å². The summed E-state index contributed by atoms with van der Waals surface area (Å²) in [6.45, 7) is 2.99. The Hall–Kier alpha value is -0.860. The van der Waals surface area contributed by atoms with Crippen molar-refractivity contribution >= 4 is 0 Å². The van der Waals surface area contributed by atoms with Crippen LogP contribution in [-0.2, 0) is 6.54 Å². The van der Waals surface area contributed by atoms with Crippen molar-refractivity contribution in [2.75, 3.05) is 0 Å². The van der Waals surface area contributed by atoms with Gasteiger partial charge in [-0.3, -0.25) is 0 Å². The minimum absolute atomic E-state index is 0.145. The van der Waals surface area contributed by atoms with Gasteiger partial charge in [0.05, 0.1) is 12.1 Å². The molecule has 0 aliphatic carbocycles. The highest BCUT2D eigenvalue weighted by atomic mass is 16.3. The van der Waals surface area contributed by atoms with E-state index in [1.807, 2.05) is 6.07 Å². The molecule has 2 nitrogen and oxygen atoms in total. The van der Waals surface area contributed by atoms with Gasteiger partial charge in [-0.05, 0) is 17.5 Å². The van der Waals surface area contributed by atoms with Crippen molar-refractivity contribution in [2.45, 2.75) is 38.5 Å². The van der Waals surface area contributed by atoms with Crippen molar-refractivity contribution in [1.29, 1.82) is 0 Å². The van der Waals surface area contributed by atoms with Gasteiger partial charge in [-0.25, -0.2) is 0 Å². The van der Waals surface area contributed by atoms with Crippen LogP contribution in [0.1, 0.15) is 36.9 Å². The SMILES string of the molecule is CCCC(O)C1NCc2ccccc21. The fourth-order valence-electron chi connectivity index (χ4n) is 2.13. The average Bonchev–Trinajstić information content (AvgIpc) is 2.61. The molecule has 1 aromatic carbocycles. The summed E-state index contributed by atoms with van der Waals surface area (Å²) < 4.78 is 0. The number of hydrogen-bond donors (Lipinski definition) is 2. The molecule has 0 spiro atoms. The largest absolute Gasteiger partial charge is 0.391 e. The predicted octanol–water partition coefficient (Wildman–Crippen LogP) is 1.99. The zero-order valence-corrected chi connectivity index (χ0v) is 8.53. The first-order chi connectivity index (χ1) is 6.83. The summed E-state index contributed by atoms with van der Waals surface area (Å²) in [5.41, 5.74) is 2.60. The van der Waals surface area contributed by atoms with Crippen LogP contribution in [0, 0.1) is 0 Å². The van der Waals surface area contributed by atoms with Gasteiger partial charge in [0, 0.05) is 6.54 Å². The van der Waals surface area contributed by atoms with Crippen LogP contribution in [0.2, 0.25) is 0 Å². The number of fused-ring (bicyclic) bond motifs is 1. The van der Waals surface area contributed by atoms with Crippen LogP contribution in [-0.4, -0.2) is 11.2 Å². The molecule has 0 bridgehead atoms. The Bertz CT molecular complexity index is 311. The van der Waals surface area contributed by atoms with Crippen molar-refractivity contribution in [2.24, 2.45) is 0 Å². The molecule has 2 heteroatoms. The topological polar surface area (TPSA) is 32.3 Å². The number of nitrogens with one attached hydrogen (secondary N) is 1. The van der Waals surface area contributed by atoms with Crippen molar-refractivity contribution in [3.63, 3.8) is 0 Å². The zero-order chi connectivity index (χ0) is 9.97. The summed E-state index contributed by atoms with van der Waals surface area (Å²) in [6.07, 6.45) is 1.65. The molecule has 0 saturated carbocycles. The number of rotatable bonds is 3. The van der Waals surface area contributed by atoms with Gasteiger partial charge < -0.3 is 10.4 Å². The van der Waals surface area contributed by atoms with Crippen LogP contribution >= 0.6 is 0 Å². The first-order valence-electron chi connectivity index (χ1n) is 5.32. The lowest BCUT2D eigenvalue weighted by molar-refractivity contribution is 0.122. The van der Waals surface area contributed by atoms with E-state index >= 15 is 0 Å². The smallest absolute Gasteiger partial charge is 0.0735 e. The lowest BCUT2D eigenvalue weighted by Crippen LogP contribution is -2.26. The maximum atomic E-state index is 9.93. The molecule has 0 fully saturated rings. The molecule has 2 N–H and O–H groups in total. The molecule has 76 valence electrons. The molecule has 0 amide bonds. The molecule has 1 heterocycles. The minimum Gasteiger partial charge on any atom is -0.391 e. The predicted molar refractivity (Wildman–Crippen MR) is 56.9 cm³/mol.